The maximum atomic E-state index is 11.2. The average Bonchev–Trinajstić information content (AvgIpc) is 3.15. The number of para-hydroxylation sites is 1. The molecule has 0 saturated carbocycles. The number of rotatable bonds is 4. The van der Waals surface area contributed by atoms with Crippen molar-refractivity contribution in [2.24, 2.45) is 5.10 Å². The lowest BCUT2D eigenvalue weighted by Gasteiger charge is -2.23. The Morgan fingerprint density at radius 1 is 1.00 bits per heavy atom. The van der Waals surface area contributed by atoms with Gasteiger partial charge in [0.1, 0.15) is 0 Å². The summed E-state index contributed by atoms with van der Waals surface area (Å²) in [5.41, 5.74) is 3.81. The van der Waals surface area contributed by atoms with Gasteiger partial charge in [-0.2, -0.15) is 5.10 Å². The largest absolute Gasteiger partial charge is 0.269 e. The van der Waals surface area contributed by atoms with Gasteiger partial charge in [0.15, 0.2) is 0 Å². The molecule has 4 rings (SSSR count). The molecule has 134 valence electrons. The van der Waals surface area contributed by atoms with Gasteiger partial charge in [0, 0.05) is 23.6 Å². The van der Waals surface area contributed by atoms with Gasteiger partial charge in [-0.3, -0.25) is 15.1 Å². The Bertz CT molecular complexity index is 1000. The van der Waals surface area contributed by atoms with Crippen LogP contribution in [0.25, 0.3) is 0 Å². The lowest BCUT2D eigenvalue weighted by Crippen LogP contribution is -2.18. The third-order valence-electron chi connectivity index (χ3n) is 4.57. The summed E-state index contributed by atoms with van der Waals surface area (Å²) < 4.78 is 0. The highest BCUT2D eigenvalue weighted by Crippen LogP contribution is 2.37. The summed E-state index contributed by atoms with van der Waals surface area (Å²) in [7, 11) is 0. The Morgan fingerprint density at radius 3 is 2.44 bits per heavy atom. The molecule has 1 heterocycles. The molecule has 3 aromatic rings. The molecule has 3 aromatic carbocycles. The number of benzene rings is 3. The molecule has 0 aliphatic carbocycles. The summed E-state index contributed by atoms with van der Waals surface area (Å²) in [4.78, 5) is 10.8. The Hall–Kier alpha value is -3.18. The van der Waals surface area contributed by atoms with Gasteiger partial charge < -0.3 is 0 Å². The van der Waals surface area contributed by atoms with E-state index in [-0.39, 0.29) is 16.7 Å². The van der Waals surface area contributed by atoms with E-state index in [1.165, 1.54) is 6.07 Å². The molecule has 0 saturated heterocycles. The molecule has 1 aliphatic rings. The molecule has 0 radical (unpaired) electrons. The van der Waals surface area contributed by atoms with Crippen LogP contribution in [0.2, 0.25) is 5.02 Å². The van der Waals surface area contributed by atoms with E-state index in [9.17, 15) is 10.1 Å². The minimum absolute atomic E-state index is 0.0838. The van der Waals surface area contributed by atoms with Crippen LogP contribution in [-0.4, -0.2) is 10.6 Å². The maximum absolute atomic E-state index is 11.2. The summed E-state index contributed by atoms with van der Waals surface area (Å²) in [6, 6.07) is 24.0. The molecular weight excluding hydrogens is 362 g/mol. The summed E-state index contributed by atoms with van der Waals surface area (Å²) >= 11 is 6.00. The first-order valence-electron chi connectivity index (χ1n) is 8.54. The topological polar surface area (TPSA) is 58.7 Å². The van der Waals surface area contributed by atoms with Crippen LogP contribution >= 0.6 is 11.6 Å². The molecule has 0 aromatic heterocycles. The summed E-state index contributed by atoms with van der Waals surface area (Å²) in [6.07, 6.45) is 0.650. The number of nitro groups is 1. The number of halogens is 1. The number of anilines is 1. The second-order valence-corrected chi connectivity index (χ2v) is 6.74. The number of non-ortho nitro benzene ring substituents is 1. The summed E-state index contributed by atoms with van der Waals surface area (Å²) in [6.45, 7) is 0. The predicted octanol–water partition coefficient (Wildman–Crippen LogP) is 5.60. The van der Waals surface area contributed by atoms with Crippen LogP contribution in [0.4, 0.5) is 11.4 Å². The number of hydrazone groups is 1. The van der Waals surface area contributed by atoms with E-state index >= 15 is 0 Å². The highest BCUT2D eigenvalue weighted by Gasteiger charge is 2.30. The predicted molar refractivity (Wildman–Crippen MR) is 107 cm³/mol. The first-order valence-corrected chi connectivity index (χ1v) is 8.92. The SMILES string of the molecule is O=[N+]([O-])c1cccc(C2CC(c3ccc(Cl)cc3)=NN2c2ccccc2)c1. The standard InChI is InChI=1S/C21H16ClN3O2/c22-17-11-9-15(10-12-17)20-14-21(16-5-4-8-19(13-16)25(26)27)24(23-20)18-6-2-1-3-7-18/h1-13,21H,14H2. The van der Waals surface area contributed by atoms with E-state index in [0.717, 1.165) is 22.5 Å². The molecule has 1 unspecified atom stereocenters. The molecule has 0 spiro atoms. The number of hydrogen-bond donors (Lipinski definition) is 0. The fraction of sp³-hybridized carbons (Fsp3) is 0.0952. The summed E-state index contributed by atoms with van der Waals surface area (Å²) in [5, 5.41) is 18.6. The zero-order chi connectivity index (χ0) is 18.8. The van der Waals surface area contributed by atoms with E-state index < -0.39 is 0 Å². The zero-order valence-electron chi connectivity index (χ0n) is 14.3. The fourth-order valence-electron chi connectivity index (χ4n) is 3.25. The number of hydrogen-bond acceptors (Lipinski definition) is 4. The van der Waals surface area contributed by atoms with Gasteiger partial charge in [-0.25, -0.2) is 0 Å². The highest BCUT2D eigenvalue weighted by atomic mass is 35.5. The van der Waals surface area contributed by atoms with E-state index in [1.807, 2.05) is 65.7 Å². The van der Waals surface area contributed by atoms with Crippen molar-refractivity contribution in [3.8, 4) is 0 Å². The van der Waals surface area contributed by atoms with E-state index in [1.54, 1.807) is 12.1 Å². The first kappa shape index (κ1) is 17.2. The van der Waals surface area contributed by atoms with Crippen LogP contribution in [-0.2, 0) is 0 Å². The van der Waals surface area contributed by atoms with Crippen molar-refractivity contribution in [1.82, 2.24) is 0 Å². The van der Waals surface area contributed by atoms with Crippen molar-refractivity contribution in [3.05, 3.63) is 105 Å². The van der Waals surface area contributed by atoms with Crippen LogP contribution in [0.1, 0.15) is 23.6 Å². The van der Waals surface area contributed by atoms with Gasteiger partial charge in [0.05, 0.1) is 22.4 Å². The van der Waals surface area contributed by atoms with Crippen molar-refractivity contribution in [2.45, 2.75) is 12.5 Å². The first-order chi connectivity index (χ1) is 13.1. The molecule has 0 amide bonds. The van der Waals surface area contributed by atoms with Crippen molar-refractivity contribution in [3.63, 3.8) is 0 Å². The number of nitro benzene ring substituents is 1. The third kappa shape index (κ3) is 3.55. The van der Waals surface area contributed by atoms with Crippen LogP contribution < -0.4 is 5.01 Å². The fourth-order valence-corrected chi connectivity index (χ4v) is 3.38. The molecule has 0 N–H and O–H groups in total. The van der Waals surface area contributed by atoms with Crippen LogP contribution in [0.5, 0.6) is 0 Å². The molecular formula is C21H16ClN3O2. The maximum Gasteiger partial charge on any atom is 0.269 e. The Kier molecular flexibility index (Phi) is 4.60. The van der Waals surface area contributed by atoms with Gasteiger partial charge in [0.25, 0.3) is 5.69 Å². The van der Waals surface area contributed by atoms with Gasteiger partial charge in [0.2, 0.25) is 0 Å². The molecule has 5 nitrogen and oxygen atoms in total. The Balaban J connectivity index is 1.75. The molecule has 27 heavy (non-hydrogen) atoms. The summed E-state index contributed by atoms with van der Waals surface area (Å²) in [5.74, 6) is 0. The lowest BCUT2D eigenvalue weighted by atomic mass is 9.98. The van der Waals surface area contributed by atoms with Gasteiger partial charge in [-0.05, 0) is 35.4 Å². The Labute approximate surface area is 161 Å². The normalized spacial score (nSPS) is 16.3. The van der Waals surface area contributed by atoms with Crippen molar-refractivity contribution < 1.29 is 4.92 Å². The van der Waals surface area contributed by atoms with E-state index in [0.29, 0.717) is 11.4 Å². The van der Waals surface area contributed by atoms with Gasteiger partial charge >= 0.3 is 0 Å². The minimum atomic E-state index is -0.369. The second-order valence-electron chi connectivity index (χ2n) is 6.31. The van der Waals surface area contributed by atoms with Crippen molar-refractivity contribution in [1.29, 1.82) is 0 Å². The molecule has 1 aliphatic heterocycles. The quantitative estimate of drug-likeness (QED) is 0.439. The second kappa shape index (κ2) is 7.21. The number of nitrogens with zero attached hydrogens (tertiary/aromatic N) is 3. The van der Waals surface area contributed by atoms with E-state index in [2.05, 4.69) is 0 Å². The molecule has 6 heteroatoms. The van der Waals surface area contributed by atoms with Crippen molar-refractivity contribution in [2.75, 3.05) is 5.01 Å². The molecule has 0 bridgehead atoms. The van der Waals surface area contributed by atoms with Crippen molar-refractivity contribution >= 4 is 28.7 Å². The van der Waals surface area contributed by atoms with Gasteiger partial charge in [-0.1, -0.05) is 54.1 Å². The highest BCUT2D eigenvalue weighted by molar-refractivity contribution is 6.30. The monoisotopic (exact) mass is 377 g/mol. The minimum Gasteiger partial charge on any atom is -0.258 e. The van der Waals surface area contributed by atoms with E-state index in [4.69, 9.17) is 16.7 Å². The van der Waals surface area contributed by atoms with Gasteiger partial charge in [-0.15, -0.1) is 0 Å². The Morgan fingerprint density at radius 2 is 1.74 bits per heavy atom. The van der Waals surface area contributed by atoms with Crippen LogP contribution in [0, 0.1) is 10.1 Å². The average molecular weight is 378 g/mol. The smallest absolute Gasteiger partial charge is 0.258 e. The van der Waals surface area contributed by atoms with Crippen LogP contribution in [0.15, 0.2) is 84.0 Å². The third-order valence-corrected chi connectivity index (χ3v) is 4.83. The molecule has 1 atom stereocenters. The van der Waals surface area contributed by atoms with Crippen LogP contribution in [0.3, 0.4) is 0 Å². The lowest BCUT2D eigenvalue weighted by molar-refractivity contribution is -0.384. The molecule has 0 fully saturated rings. The zero-order valence-corrected chi connectivity index (χ0v) is 15.1.